The fourth-order valence-corrected chi connectivity index (χ4v) is 2.33. The number of benzene rings is 1. The second-order valence-electron chi connectivity index (χ2n) is 5.34. The Kier molecular flexibility index (Phi) is 4.27. The van der Waals surface area contributed by atoms with Crippen LogP contribution in [-0.4, -0.2) is 17.3 Å². The number of nitrogens with two attached hydrogens (primary N) is 1. The molecule has 0 aliphatic heterocycles. The predicted molar refractivity (Wildman–Crippen MR) is 78.1 cm³/mol. The summed E-state index contributed by atoms with van der Waals surface area (Å²) in [5.74, 6) is 0.501. The van der Waals surface area contributed by atoms with Crippen LogP contribution in [0.3, 0.4) is 0 Å². The number of carbonyl (C=O) groups is 1. The van der Waals surface area contributed by atoms with E-state index in [9.17, 15) is 4.79 Å². The van der Waals surface area contributed by atoms with Crippen molar-refractivity contribution in [2.24, 2.45) is 17.6 Å². The summed E-state index contributed by atoms with van der Waals surface area (Å²) in [6, 6.07) is 9.56. The molecule has 0 saturated carbocycles. The van der Waals surface area contributed by atoms with Crippen LogP contribution in [0.2, 0.25) is 0 Å². The monoisotopic (exact) mass is 256 g/mol. The maximum absolute atomic E-state index is 12.4. The Bertz CT molecular complexity index is 578. The summed E-state index contributed by atoms with van der Waals surface area (Å²) >= 11 is 0. The van der Waals surface area contributed by atoms with E-state index in [-0.39, 0.29) is 11.7 Å². The summed E-state index contributed by atoms with van der Waals surface area (Å²) < 4.78 is 0. The van der Waals surface area contributed by atoms with Gasteiger partial charge in [-0.15, -0.1) is 0 Å². The molecule has 1 aromatic heterocycles. The van der Waals surface area contributed by atoms with Crippen LogP contribution in [0.5, 0.6) is 0 Å². The SMILES string of the molecule is CC(C)CC(CN)C(=O)c1ccc2cccnc2c1. The van der Waals surface area contributed by atoms with Gasteiger partial charge < -0.3 is 5.73 Å². The van der Waals surface area contributed by atoms with Gasteiger partial charge in [-0.3, -0.25) is 9.78 Å². The Labute approximate surface area is 113 Å². The topological polar surface area (TPSA) is 56.0 Å². The van der Waals surface area contributed by atoms with Gasteiger partial charge in [0.05, 0.1) is 5.52 Å². The molecule has 0 amide bonds. The summed E-state index contributed by atoms with van der Waals surface area (Å²) in [6.07, 6.45) is 2.57. The van der Waals surface area contributed by atoms with Gasteiger partial charge in [-0.05, 0) is 24.5 Å². The van der Waals surface area contributed by atoms with Gasteiger partial charge in [-0.2, -0.15) is 0 Å². The van der Waals surface area contributed by atoms with Crippen molar-refractivity contribution in [2.45, 2.75) is 20.3 Å². The molecular formula is C16H20N2O. The Balaban J connectivity index is 2.29. The van der Waals surface area contributed by atoms with Crippen molar-refractivity contribution < 1.29 is 4.79 Å². The minimum Gasteiger partial charge on any atom is -0.330 e. The predicted octanol–water partition coefficient (Wildman–Crippen LogP) is 3.04. The molecular weight excluding hydrogens is 236 g/mol. The molecule has 3 nitrogen and oxygen atoms in total. The first-order valence-electron chi connectivity index (χ1n) is 6.71. The molecule has 0 aliphatic carbocycles. The normalized spacial score (nSPS) is 12.8. The number of ketones is 1. The molecule has 1 unspecified atom stereocenters. The maximum atomic E-state index is 12.4. The molecule has 0 bridgehead atoms. The number of fused-ring (bicyclic) bond motifs is 1. The van der Waals surface area contributed by atoms with Crippen molar-refractivity contribution in [1.82, 2.24) is 4.98 Å². The summed E-state index contributed by atoms with van der Waals surface area (Å²) in [5, 5.41) is 1.05. The quantitative estimate of drug-likeness (QED) is 0.836. The van der Waals surface area contributed by atoms with Crippen molar-refractivity contribution in [1.29, 1.82) is 0 Å². The van der Waals surface area contributed by atoms with E-state index in [1.54, 1.807) is 6.20 Å². The van der Waals surface area contributed by atoms with E-state index >= 15 is 0 Å². The van der Waals surface area contributed by atoms with Crippen LogP contribution in [0.25, 0.3) is 10.9 Å². The maximum Gasteiger partial charge on any atom is 0.167 e. The molecule has 2 aromatic rings. The number of hydrogen-bond acceptors (Lipinski definition) is 3. The molecule has 19 heavy (non-hydrogen) atoms. The van der Waals surface area contributed by atoms with Crippen molar-refractivity contribution in [3.8, 4) is 0 Å². The number of rotatable bonds is 5. The lowest BCUT2D eigenvalue weighted by molar-refractivity contribution is 0.0909. The van der Waals surface area contributed by atoms with Crippen LogP contribution in [0.1, 0.15) is 30.6 Å². The Hall–Kier alpha value is -1.74. The first-order chi connectivity index (χ1) is 9.11. The fraction of sp³-hybridized carbons (Fsp3) is 0.375. The summed E-state index contributed by atoms with van der Waals surface area (Å²) in [6.45, 7) is 4.62. The molecule has 3 heteroatoms. The number of aromatic nitrogens is 1. The summed E-state index contributed by atoms with van der Waals surface area (Å²) in [4.78, 5) is 16.7. The molecule has 1 aromatic carbocycles. The van der Waals surface area contributed by atoms with Crippen molar-refractivity contribution in [3.63, 3.8) is 0 Å². The van der Waals surface area contributed by atoms with Gasteiger partial charge in [0.2, 0.25) is 0 Å². The van der Waals surface area contributed by atoms with E-state index in [1.807, 2.05) is 30.3 Å². The molecule has 0 fully saturated rings. The second-order valence-corrected chi connectivity index (χ2v) is 5.34. The van der Waals surface area contributed by atoms with Crippen LogP contribution in [0.15, 0.2) is 36.5 Å². The van der Waals surface area contributed by atoms with Crippen molar-refractivity contribution in [2.75, 3.05) is 6.54 Å². The second kappa shape index (κ2) is 5.93. The highest BCUT2D eigenvalue weighted by Crippen LogP contribution is 2.19. The molecule has 2 N–H and O–H groups in total. The van der Waals surface area contributed by atoms with E-state index in [2.05, 4.69) is 18.8 Å². The number of nitrogens with zero attached hydrogens (tertiary/aromatic N) is 1. The van der Waals surface area contributed by atoms with Gasteiger partial charge in [-0.25, -0.2) is 0 Å². The molecule has 0 aliphatic rings. The first-order valence-corrected chi connectivity index (χ1v) is 6.71. The zero-order valence-corrected chi connectivity index (χ0v) is 11.5. The van der Waals surface area contributed by atoms with Gasteiger partial charge >= 0.3 is 0 Å². The molecule has 2 rings (SSSR count). The van der Waals surface area contributed by atoms with E-state index in [1.165, 1.54) is 0 Å². The average Bonchev–Trinajstić information content (AvgIpc) is 2.43. The highest BCUT2D eigenvalue weighted by Gasteiger charge is 2.20. The molecule has 0 radical (unpaired) electrons. The number of pyridine rings is 1. The smallest absolute Gasteiger partial charge is 0.167 e. The molecule has 0 spiro atoms. The third-order valence-electron chi connectivity index (χ3n) is 3.30. The minimum atomic E-state index is -0.0961. The van der Waals surface area contributed by atoms with Crippen molar-refractivity contribution in [3.05, 3.63) is 42.1 Å². The Morgan fingerprint density at radius 2 is 2.11 bits per heavy atom. The molecule has 1 heterocycles. The first kappa shape index (κ1) is 13.7. The van der Waals surface area contributed by atoms with Gasteiger partial charge in [0, 0.05) is 29.6 Å². The zero-order valence-electron chi connectivity index (χ0n) is 11.5. The lowest BCUT2D eigenvalue weighted by Crippen LogP contribution is -2.25. The Morgan fingerprint density at radius 1 is 1.32 bits per heavy atom. The molecule has 0 saturated heterocycles. The fourth-order valence-electron chi connectivity index (χ4n) is 2.33. The van der Waals surface area contributed by atoms with Crippen LogP contribution in [0, 0.1) is 11.8 Å². The van der Waals surface area contributed by atoms with Gasteiger partial charge in [0.25, 0.3) is 0 Å². The third kappa shape index (κ3) is 3.18. The van der Waals surface area contributed by atoms with E-state index in [4.69, 9.17) is 5.73 Å². The largest absolute Gasteiger partial charge is 0.330 e. The minimum absolute atomic E-state index is 0.0961. The summed E-state index contributed by atoms with van der Waals surface area (Å²) in [5.41, 5.74) is 7.30. The Morgan fingerprint density at radius 3 is 2.79 bits per heavy atom. The highest BCUT2D eigenvalue weighted by atomic mass is 16.1. The lowest BCUT2D eigenvalue weighted by Gasteiger charge is -2.16. The van der Waals surface area contributed by atoms with Gasteiger partial charge in [0.1, 0.15) is 0 Å². The summed E-state index contributed by atoms with van der Waals surface area (Å²) in [7, 11) is 0. The number of Topliss-reactive ketones (excluding diaryl/α,β-unsaturated/α-hetero) is 1. The average molecular weight is 256 g/mol. The van der Waals surface area contributed by atoms with Gasteiger partial charge in [0.15, 0.2) is 5.78 Å². The molecule has 100 valence electrons. The van der Waals surface area contributed by atoms with Gasteiger partial charge in [-0.1, -0.05) is 32.0 Å². The standard InChI is InChI=1S/C16H20N2O/c1-11(2)8-14(10-17)16(19)13-6-5-12-4-3-7-18-15(12)9-13/h3-7,9,11,14H,8,10,17H2,1-2H3. The van der Waals surface area contributed by atoms with E-state index < -0.39 is 0 Å². The van der Waals surface area contributed by atoms with Crippen LogP contribution >= 0.6 is 0 Å². The van der Waals surface area contributed by atoms with E-state index in [0.717, 1.165) is 17.3 Å². The van der Waals surface area contributed by atoms with Crippen LogP contribution in [0.4, 0.5) is 0 Å². The van der Waals surface area contributed by atoms with Crippen LogP contribution < -0.4 is 5.73 Å². The highest BCUT2D eigenvalue weighted by molar-refractivity contribution is 6.00. The molecule has 1 atom stereocenters. The van der Waals surface area contributed by atoms with Crippen LogP contribution in [-0.2, 0) is 0 Å². The van der Waals surface area contributed by atoms with E-state index in [0.29, 0.717) is 18.0 Å². The number of carbonyl (C=O) groups excluding carboxylic acids is 1. The lowest BCUT2D eigenvalue weighted by atomic mass is 9.89. The third-order valence-corrected chi connectivity index (χ3v) is 3.30. The number of hydrogen-bond donors (Lipinski definition) is 1. The zero-order chi connectivity index (χ0) is 13.8. The van der Waals surface area contributed by atoms with Crippen molar-refractivity contribution >= 4 is 16.7 Å².